The van der Waals surface area contributed by atoms with E-state index in [1.54, 1.807) is 0 Å². The number of sulfone groups is 1. The number of aliphatic imine (C=N–C) groups is 1. The second-order valence-corrected chi connectivity index (χ2v) is 6.96. The third-order valence-corrected chi connectivity index (χ3v) is 5.60. The van der Waals surface area contributed by atoms with Crippen LogP contribution in [-0.4, -0.2) is 41.4 Å². The van der Waals surface area contributed by atoms with Crippen molar-refractivity contribution < 1.29 is 23.1 Å². The zero-order valence-electron chi connectivity index (χ0n) is 11.8. The average Bonchev–Trinajstić information content (AvgIpc) is 2.46. The number of amides is 3. The summed E-state index contributed by atoms with van der Waals surface area (Å²) in [7, 11) is -4.17. The van der Waals surface area contributed by atoms with Crippen LogP contribution in [0.5, 0.6) is 5.75 Å². The summed E-state index contributed by atoms with van der Waals surface area (Å²) in [6.07, 6.45) is 1.41. The van der Waals surface area contributed by atoms with E-state index >= 15 is 0 Å². The minimum Gasteiger partial charge on any atom is -0.506 e. The number of phenolic OH excluding ortho intramolecular Hbond substituents is 1. The summed E-state index contributed by atoms with van der Waals surface area (Å²) < 4.78 is 25.8. The van der Waals surface area contributed by atoms with Crippen molar-refractivity contribution in [2.45, 2.75) is 17.1 Å². The summed E-state index contributed by atoms with van der Waals surface area (Å²) in [6, 6.07) is 4.50. The molecule has 0 radical (unpaired) electrons. The number of aromatic hydroxyl groups is 1. The fraction of sp³-hybridized carbons (Fsp3) is 0.143. The number of benzene rings is 1. The van der Waals surface area contributed by atoms with Crippen LogP contribution in [0, 0.1) is 0 Å². The highest BCUT2D eigenvalue weighted by Crippen LogP contribution is 2.31. The second-order valence-electron chi connectivity index (χ2n) is 4.96. The Kier molecular flexibility index (Phi) is 3.37. The van der Waals surface area contributed by atoms with Gasteiger partial charge in [0.05, 0.1) is 4.90 Å². The molecule has 1 aromatic heterocycles. The molecule has 1 aliphatic rings. The summed E-state index contributed by atoms with van der Waals surface area (Å²) in [5.74, 6) is -1.12. The minimum atomic E-state index is -4.17. The first-order valence-corrected chi connectivity index (χ1v) is 8.07. The molecule has 0 unspecified atom stereocenters. The first-order chi connectivity index (χ1) is 10.8. The van der Waals surface area contributed by atoms with Crippen LogP contribution >= 0.6 is 0 Å². The molecule has 0 saturated heterocycles. The molecule has 0 spiro atoms. The topological polar surface area (TPSA) is 126 Å². The third-order valence-electron chi connectivity index (χ3n) is 3.45. The number of urea groups is 1. The molecule has 0 aliphatic carbocycles. The third kappa shape index (κ3) is 2.34. The van der Waals surface area contributed by atoms with Crippen LogP contribution in [0.25, 0.3) is 10.9 Å². The molecule has 3 amide bonds. The standard InChI is InChI=1S/C14H11N3O5S/c1-7-12(13(19)17-14(20)16-7)23(21,22)10-5-4-9(18)11-8(10)3-2-6-15-11/h2-6,12,18H,1H3,(H,17,19,20)/t12-/m1/s1. The maximum absolute atomic E-state index is 12.9. The van der Waals surface area contributed by atoms with E-state index in [2.05, 4.69) is 9.98 Å². The highest BCUT2D eigenvalue weighted by atomic mass is 32.2. The van der Waals surface area contributed by atoms with Gasteiger partial charge in [0.15, 0.2) is 15.1 Å². The lowest BCUT2D eigenvalue weighted by Crippen LogP contribution is -2.49. The molecule has 9 heteroatoms. The predicted octanol–water partition coefficient (Wildman–Crippen LogP) is 0.793. The van der Waals surface area contributed by atoms with Crippen molar-refractivity contribution in [1.82, 2.24) is 10.3 Å². The lowest BCUT2D eigenvalue weighted by molar-refractivity contribution is -0.118. The first-order valence-electron chi connectivity index (χ1n) is 6.53. The number of carbonyl (C=O) groups is 2. The average molecular weight is 333 g/mol. The summed E-state index contributed by atoms with van der Waals surface area (Å²) in [6.45, 7) is 1.31. The maximum Gasteiger partial charge on any atom is 0.347 e. The molecule has 2 aromatic rings. The number of fused-ring (bicyclic) bond motifs is 1. The van der Waals surface area contributed by atoms with Crippen LogP contribution in [-0.2, 0) is 14.6 Å². The number of pyridine rings is 1. The molecule has 2 N–H and O–H groups in total. The van der Waals surface area contributed by atoms with Crippen LogP contribution in [0.1, 0.15) is 6.92 Å². The summed E-state index contributed by atoms with van der Waals surface area (Å²) in [5, 5.41) is 10.3. The molecule has 0 fully saturated rings. The normalized spacial score (nSPS) is 18.7. The van der Waals surface area contributed by atoms with Gasteiger partial charge in [0, 0.05) is 17.3 Å². The van der Waals surface area contributed by atoms with E-state index in [0.717, 1.165) is 0 Å². The Morgan fingerprint density at radius 3 is 2.65 bits per heavy atom. The second kappa shape index (κ2) is 5.13. The molecule has 1 atom stereocenters. The summed E-state index contributed by atoms with van der Waals surface area (Å²) in [5.41, 5.74) is -0.000624. The zero-order valence-corrected chi connectivity index (χ0v) is 12.7. The number of phenols is 1. The van der Waals surface area contributed by atoms with E-state index in [1.165, 1.54) is 37.4 Å². The van der Waals surface area contributed by atoms with Gasteiger partial charge in [-0.3, -0.25) is 15.1 Å². The van der Waals surface area contributed by atoms with Gasteiger partial charge in [-0.05, 0) is 31.2 Å². The van der Waals surface area contributed by atoms with Gasteiger partial charge in [0.1, 0.15) is 11.3 Å². The van der Waals surface area contributed by atoms with Gasteiger partial charge in [-0.15, -0.1) is 0 Å². The van der Waals surface area contributed by atoms with Crippen molar-refractivity contribution in [3.63, 3.8) is 0 Å². The molecule has 8 nitrogen and oxygen atoms in total. The van der Waals surface area contributed by atoms with Gasteiger partial charge in [-0.1, -0.05) is 0 Å². The molecule has 23 heavy (non-hydrogen) atoms. The van der Waals surface area contributed by atoms with Crippen LogP contribution in [0.3, 0.4) is 0 Å². The number of imide groups is 1. The van der Waals surface area contributed by atoms with Crippen molar-refractivity contribution in [2.24, 2.45) is 4.99 Å². The Morgan fingerprint density at radius 2 is 1.96 bits per heavy atom. The van der Waals surface area contributed by atoms with E-state index < -0.39 is 27.0 Å². The van der Waals surface area contributed by atoms with E-state index in [4.69, 9.17) is 0 Å². The molecule has 118 valence electrons. The molecule has 0 bridgehead atoms. The molecule has 0 saturated carbocycles. The lowest BCUT2D eigenvalue weighted by Gasteiger charge is -2.20. The Bertz CT molecular complexity index is 981. The Labute approximate surface area is 130 Å². The van der Waals surface area contributed by atoms with Crippen molar-refractivity contribution in [3.05, 3.63) is 30.5 Å². The first kappa shape index (κ1) is 15.1. The van der Waals surface area contributed by atoms with Crippen molar-refractivity contribution in [2.75, 3.05) is 0 Å². The van der Waals surface area contributed by atoms with Crippen molar-refractivity contribution >= 4 is 38.4 Å². The van der Waals surface area contributed by atoms with E-state index in [0.29, 0.717) is 0 Å². The van der Waals surface area contributed by atoms with Crippen LogP contribution in [0.15, 0.2) is 40.4 Å². The molecule has 1 aromatic carbocycles. The number of hydrogen-bond donors (Lipinski definition) is 2. The van der Waals surface area contributed by atoms with Crippen molar-refractivity contribution in [3.8, 4) is 5.75 Å². The van der Waals surface area contributed by atoms with Gasteiger partial charge in [0.25, 0.3) is 5.91 Å². The van der Waals surface area contributed by atoms with Gasteiger partial charge >= 0.3 is 6.03 Å². The van der Waals surface area contributed by atoms with Gasteiger partial charge in [-0.25, -0.2) is 18.2 Å². The van der Waals surface area contributed by atoms with Crippen LogP contribution in [0.4, 0.5) is 4.79 Å². The number of hydrogen-bond acceptors (Lipinski definition) is 6. The summed E-state index contributed by atoms with van der Waals surface area (Å²) >= 11 is 0. The monoisotopic (exact) mass is 333 g/mol. The largest absolute Gasteiger partial charge is 0.506 e. The van der Waals surface area contributed by atoms with Gasteiger partial charge < -0.3 is 5.11 Å². The van der Waals surface area contributed by atoms with Crippen LogP contribution < -0.4 is 5.32 Å². The lowest BCUT2D eigenvalue weighted by atomic mass is 10.2. The number of nitrogens with one attached hydrogen (secondary N) is 1. The van der Waals surface area contributed by atoms with Crippen LogP contribution in [0.2, 0.25) is 0 Å². The van der Waals surface area contributed by atoms with Crippen molar-refractivity contribution in [1.29, 1.82) is 0 Å². The predicted molar refractivity (Wildman–Crippen MR) is 81.0 cm³/mol. The van der Waals surface area contributed by atoms with Gasteiger partial charge in [-0.2, -0.15) is 0 Å². The summed E-state index contributed by atoms with van der Waals surface area (Å²) in [4.78, 5) is 30.5. The number of nitrogens with zero attached hydrogens (tertiary/aromatic N) is 2. The fourth-order valence-corrected chi connectivity index (χ4v) is 4.30. The van der Waals surface area contributed by atoms with E-state index in [-0.39, 0.29) is 27.3 Å². The minimum absolute atomic E-state index is 0.107. The maximum atomic E-state index is 12.9. The highest BCUT2D eigenvalue weighted by molar-refractivity contribution is 7.93. The Balaban J connectivity index is 2.26. The van der Waals surface area contributed by atoms with E-state index in [1.807, 2.05) is 5.32 Å². The Morgan fingerprint density at radius 1 is 1.22 bits per heavy atom. The molecular formula is C14H11N3O5S. The number of carbonyl (C=O) groups excluding carboxylic acids is 2. The molecule has 1 aliphatic heterocycles. The Hall–Kier alpha value is -2.81. The smallest absolute Gasteiger partial charge is 0.347 e. The zero-order chi connectivity index (χ0) is 16.8. The number of rotatable bonds is 2. The van der Waals surface area contributed by atoms with E-state index in [9.17, 15) is 23.1 Å². The molecule has 2 heterocycles. The van der Waals surface area contributed by atoms with Gasteiger partial charge in [0.2, 0.25) is 0 Å². The molecular weight excluding hydrogens is 322 g/mol. The quantitative estimate of drug-likeness (QED) is 0.837. The SMILES string of the molecule is CC1=NC(=O)NC(=O)[C@@H]1S(=O)(=O)c1ccc(O)c2ncccc12. The molecule has 3 rings (SSSR count). The number of aromatic nitrogens is 1. The fourth-order valence-electron chi connectivity index (χ4n) is 2.48. The highest BCUT2D eigenvalue weighted by Gasteiger charge is 2.41.